The number of halogens is 1. The van der Waals surface area contributed by atoms with Gasteiger partial charge >= 0.3 is 0 Å². The number of benzene rings is 1. The smallest absolute Gasteiger partial charge is 0.191 e. The van der Waals surface area contributed by atoms with Gasteiger partial charge in [0.05, 0.1) is 36.5 Å². The summed E-state index contributed by atoms with van der Waals surface area (Å²) in [4.78, 5) is 11.9. The first-order chi connectivity index (χ1) is 14.2. The van der Waals surface area contributed by atoms with E-state index in [2.05, 4.69) is 64.0 Å². The Morgan fingerprint density at radius 1 is 1.20 bits per heavy atom. The Morgan fingerprint density at radius 2 is 1.93 bits per heavy atom. The van der Waals surface area contributed by atoms with Crippen LogP contribution in [0.5, 0.6) is 0 Å². The predicted octanol–water partition coefficient (Wildman–Crippen LogP) is 3.55. The molecule has 3 rings (SSSR count). The molecule has 0 spiro atoms. The molecule has 1 aliphatic heterocycles. The van der Waals surface area contributed by atoms with E-state index in [-0.39, 0.29) is 30.0 Å². The summed E-state index contributed by atoms with van der Waals surface area (Å²) in [5, 5.41) is 10.1. The second-order valence-corrected chi connectivity index (χ2v) is 8.39. The van der Waals surface area contributed by atoms with Gasteiger partial charge < -0.3 is 15.4 Å². The molecule has 6 nitrogen and oxygen atoms in total. The van der Waals surface area contributed by atoms with E-state index in [0.717, 1.165) is 62.5 Å². The molecule has 2 aromatic rings. The molecule has 0 aliphatic carbocycles. The second kappa shape index (κ2) is 13.2. The Labute approximate surface area is 201 Å². The van der Waals surface area contributed by atoms with Gasteiger partial charge in [-0.25, -0.2) is 4.98 Å². The van der Waals surface area contributed by atoms with Gasteiger partial charge in [0.1, 0.15) is 0 Å². The maximum atomic E-state index is 5.56. The fourth-order valence-corrected chi connectivity index (χ4v) is 4.11. The number of aromatic nitrogens is 1. The van der Waals surface area contributed by atoms with Crippen LogP contribution in [0.2, 0.25) is 0 Å². The van der Waals surface area contributed by atoms with Gasteiger partial charge in [-0.1, -0.05) is 29.8 Å². The topological polar surface area (TPSA) is 61.8 Å². The summed E-state index contributed by atoms with van der Waals surface area (Å²) < 4.78 is 5.56. The number of nitrogens with zero attached hydrogens (tertiary/aromatic N) is 3. The number of guanidine groups is 1. The monoisotopic (exact) mass is 543 g/mol. The molecule has 1 unspecified atom stereocenters. The number of rotatable bonds is 8. The van der Waals surface area contributed by atoms with Crippen molar-refractivity contribution >= 4 is 41.3 Å². The summed E-state index contributed by atoms with van der Waals surface area (Å²) >= 11 is 1.70. The Morgan fingerprint density at radius 3 is 2.57 bits per heavy atom. The zero-order valence-corrected chi connectivity index (χ0v) is 21.3. The molecule has 0 saturated carbocycles. The maximum absolute atomic E-state index is 5.56. The van der Waals surface area contributed by atoms with E-state index in [1.807, 2.05) is 6.92 Å². The molecule has 2 heterocycles. The minimum atomic E-state index is 0. The van der Waals surface area contributed by atoms with Gasteiger partial charge in [-0.3, -0.25) is 9.89 Å². The van der Waals surface area contributed by atoms with E-state index in [0.29, 0.717) is 6.54 Å². The maximum Gasteiger partial charge on any atom is 0.191 e. The van der Waals surface area contributed by atoms with Gasteiger partial charge in [-0.05, 0) is 26.3 Å². The number of aliphatic imine (C=N–C) groups is 1. The summed E-state index contributed by atoms with van der Waals surface area (Å²) in [6, 6.07) is 9.10. The highest BCUT2D eigenvalue weighted by molar-refractivity contribution is 14.0. The SMILES string of the molecule is CCNC(=NCC(c1ccc(C)cc1)N1CCOCC1)NCCc1csc(C)n1.I. The average Bonchev–Trinajstić information content (AvgIpc) is 3.15. The van der Waals surface area contributed by atoms with Crippen LogP contribution in [0.1, 0.15) is 34.8 Å². The van der Waals surface area contributed by atoms with Gasteiger partial charge in [-0.2, -0.15) is 0 Å². The third-order valence-corrected chi connectivity index (χ3v) is 5.88. The second-order valence-electron chi connectivity index (χ2n) is 7.33. The predicted molar refractivity (Wildman–Crippen MR) is 136 cm³/mol. The largest absolute Gasteiger partial charge is 0.379 e. The van der Waals surface area contributed by atoms with Crippen LogP contribution in [0.15, 0.2) is 34.6 Å². The molecular formula is C22H34IN5OS. The average molecular weight is 544 g/mol. The lowest BCUT2D eigenvalue weighted by molar-refractivity contribution is 0.0179. The van der Waals surface area contributed by atoms with Gasteiger partial charge in [-0.15, -0.1) is 35.3 Å². The number of thiazole rings is 1. The molecule has 1 aromatic heterocycles. The van der Waals surface area contributed by atoms with Crippen molar-refractivity contribution in [1.82, 2.24) is 20.5 Å². The van der Waals surface area contributed by atoms with Crippen molar-refractivity contribution in [2.75, 3.05) is 45.9 Å². The minimum Gasteiger partial charge on any atom is -0.379 e. The summed E-state index contributed by atoms with van der Waals surface area (Å²) in [5.41, 5.74) is 3.74. The number of aryl methyl sites for hydroxylation is 2. The van der Waals surface area contributed by atoms with Crippen LogP contribution in [-0.4, -0.2) is 61.8 Å². The van der Waals surface area contributed by atoms with Crippen LogP contribution in [0.3, 0.4) is 0 Å². The highest BCUT2D eigenvalue weighted by atomic mass is 127. The number of hydrogen-bond acceptors (Lipinski definition) is 5. The van der Waals surface area contributed by atoms with Crippen LogP contribution < -0.4 is 10.6 Å². The van der Waals surface area contributed by atoms with Crippen molar-refractivity contribution in [1.29, 1.82) is 0 Å². The fourth-order valence-electron chi connectivity index (χ4n) is 3.46. The van der Waals surface area contributed by atoms with E-state index in [9.17, 15) is 0 Å². The molecule has 166 valence electrons. The summed E-state index contributed by atoms with van der Waals surface area (Å²) in [6.45, 7) is 12.1. The zero-order chi connectivity index (χ0) is 20.5. The Balaban J connectivity index is 0.00000320. The van der Waals surface area contributed by atoms with Crippen LogP contribution in [0.25, 0.3) is 0 Å². The quantitative estimate of drug-likeness (QED) is 0.303. The number of ether oxygens (including phenoxy) is 1. The molecule has 2 N–H and O–H groups in total. The first kappa shape index (κ1) is 25.0. The third-order valence-electron chi connectivity index (χ3n) is 5.06. The molecule has 0 bridgehead atoms. The zero-order valence-electron chi connectivity index (χ0n) is 18.2. The lowest BCUT2D eigenvalue weighted by Crippen LogP contribution is -2.42. The molecule has 30 heavy (non-hydrogen) atoms. The van der Waals surface area contributed by atoms with Gasteiger partial charge in [0.2, 0.25) is 0 Å². The summed E-state index contributed by atoms with van der Waals surface area (Å²) in [6.07, 6.45) is 0.902. The van der Waals surface area contributed by atoms with Crippen LogP contribution in [0.4, 0.5) is 0 Å². The number of morpholine rings is 1. The molecular weight excluding hydrogens is 509 g/mol. The first-order valence-electron chi connectivity index (χ1n) is 10.5. The standard InChI is InChI=1S/C22H33N5OS.HI/c1-4-23-22(24-10-9-20-16-29-18(3)26-20)25-15-21(27-11-13-28-14-12-27)19-7-5-17(2)6-8-19;/h5-8,16,21H,4,9-15H2,1-3H3,(H2,23,24,25);1H. The van der Waals surface area contributed by atoms with Crippen molar-refractivity contribution in [3.63, 3.8) is 0 Å². The molecule has 1 aromatic carbocycles. The van der Waals surface area contributed by atoms with E-state index in [1.165, 1.54) is 11.1 Å². The molecule has 1 aliphatic rings. The molecule has 0 amide bonds. The normalized spacial score (nSPS) is 16.0. The Bertz CT molecular complexity index is 774. The van der Waals surface area contributed by atoms with Crippen LogP contribution in [0, 0.1) is 13.8 Å². The summed E-state index contributed by atoms with van der Waals surface area (Å²) in [5.74, 6) is 0.866. The minimum absolute atomic E-state index is 0. The van der Waals surface area contributed by atoms with Crippen molar-refractivity contribution < 1.29 is 4.74 Å². The molecule has 1 saturated heterocycles. The lowest BCUT2D eigenvalue weighted by Gasteiger charge is -2.34. The number of hydrogen-bond donors (Lipinski definition) is 2. The van der Waals surface area contributed by atoms with E-state index >= 15 is 0 Å². The van der Waals surface area contributed by atoms with E-state index < -0.39 is 0 Å². The molecule has 0 radical (unpaired) electrons. The molecule has 1 fully saturated rings. The summed E-state index contributed by atoms with van der Waals surface area (Å²) in [7, 11) is 0. The Hall–Kier alpha value is -1.23. The first-order valence-corrected chi connectivity index (χ1v) is 11.3. The van der Waals surface area contributed by atoms with Gasteiger partial charge in [0.25, 0.3) is 0 Å². The third kappa shape index (κ3) is 7.79. The van der Waals surface area contributed by atoms with Crippen LogP contribution >= 0.6 is 35.3 Å². The Kier molecular flexibility index (Phi) is 11.0. The van der Waals surface area contributed by atoms with Crippen molar-refractivity contribution in [3.05, 3.63) is 51.5 Å². The number of nitrogens with one attached hydrogen (secondary N) is 2. The van der Waals surface area contributed by atoms with Gasteiger partial charge in [0.15, 0.2) is 5.96 Å². The van der Waals surface area contributed by atoms with Crippen molar-refractivity contribution in [2.45, 2.75) is 33.2 Å². The lowest BCUT2D eigenvalue weighted by atomic mass is 10.0. The fraction of sp³-hybridized carbons (Fsp3) is 0.545. The van der Waals surface area contributed by atoms with E-state index in [1.54, 1.807) is 11.3 Å². The molecule has 1 atom stereocenters. The van der Waals surface area contributed by atoms with Crippen molar-refractivity contribution in [2.24, 2.45) is 4.99 Å². The highest BCUT2D eigenvalue weighted by Gasteiger charge is 2.22. The molecule has 8 heteroatoms. The highest BCUT2D eigenvalue weighted by Crippen LogP contribution is 2.23. The van der Waals surface area contributed by atoms with Crippen LogP contribution in [-0.2, 0) is 11.2 Å². The van der Waals surface area contributed by atoms with E-state index in [4.69, 9.17) is 9.73 Å². The van der Waals surface area contributed by atoms with Gasteiger partial charge in [0, 0.05) is 38.0 Å². The van der Waals surface area contributed by atoms with Crippen molar-refractivity contribution in [3.8, 4) is 0 Å².